The largest absolute Gasteiger partial charge is 0.478 e. The third kappa shape index (κ3) is 2.52. The molecule has 0 aromatic carbocycles. The SMILES string of the molecule is CC(/C=C/C(=O)O)=C1/C(=O)C[C@H]2[C@@]3(C)CCC(=O)C(C)(C)[C@@H]3CC[C@]12C. The molecule has 0 heterocycles. The summed E-state index contributed by atoms with van der Waals surface area (Å²) in [5.74, 6) is 0.0271. The molecule has 142 valence electrons. The second-order valence-corrected chi connectivity index (χ2v) is 9.57. The zero-order valence-electron chi connectivity index (χ0n) is 16.5. The number of carboxylic acid groups (broad SMARTS) is 1. The van der Waals surface area contributed by atoms with Crippen LogP contribution in [0.3, 0.4) is 0 Å². The van der Waals surface area contributed by atoms with Crippen molar-refractivity contribution in [3.05, 3.63) is 23.3 Å². The topological polar surface area (TPSA) is 71.4 Å². The van der Waals surface area contributed by atoms with Crippen LogP contribution in [-0.2, 0) is 14.4 Å². The van der Waals surface area contributed by atoms with Gasteiger partial charge in [0.1, 0.15) is 5.78 Å². The average Bonchev–Trinajstić information content (AvgIpc) is 2.81. The fourth-order valence-corrected chi connectivity index (χ4v) is 6.67. The fourth-order valence-electron chi connectivity index (χ4n) is 6.67. The normalized spacial score (nSPS) is 41.1. The van der Waals surface area contributed by atoms with Gasteiger partial charge in [-0.15, -0.1) is 0 Å². The summed E-state index contributed by atoms with van der Waals surface area (Å²) in [4.78, 5) is 36.4. The molecule has 0 radical (unpaired) electrons. The van der Waals surface area contributed by atoms with Crippen molar-refractivity contribution in [1.29, 1.82) is 0 Å². The third-order valence-electron chi connectivity index (χ3n) is 7.90. The first-order valence-corrected chi connectivity index (χ1v) is 9.63. The van der Waals surface area contributed by atoms with E-state index in [0.717, 1.165) is 36.5 Å². The summed E-state index contributed by atoms with van der Waals surface area (Å²) in [6.07, 6.45) is 6.46. The summed E-state index contributed by atoms with van der Waals surface area (Å²) in [5, 5.41) is 8.92. The second-order valence-electron chi connectivity index (χ2n) is 9.57. The van der Waals surface area contributed by atoms with Gasteiger partial charge in [0.25, 0.3) is 0 Å². The van der Waals surface area contributed by atoms with Crippen LogP contribution < -0.4 is 0 Å². The number of rotatable bonds is 2. The Bertz CT molecular complexity index is 741. The molecule has 4 atom stereocenters. The Labute approximate surface area is 155 Å². The molecule has 3 aliphatic carbocycles. The van der Waals surface area contributed by atoms with Crippen molar-refractivity contribution in [2.75, 3.05) is 0 Å². The van der Waals surface area contributed by atoms with Crippen molar-refractivity contribution in [3.8, 4) is 0 Å². The summed E-state index contributed by atoms with van der Waals surface area (Å²) in [6.45, 7) is 10.5. The fraction of sp³-hybridized carbons (Fsp3) is 0.682. The van der Waals surface area contributed by atoms with Gasteiger partial charge in [0.05, 0.1) is 0 Å². The van der Waals surface area contributed by atoms with E-state index >= 15 is 0 Å². The second kappa shape index (κ2) is 5.90. The molecule has 26 heavy (non-hydrogen) atoms. The summed E-state index contributed by atoms with van der Waals surface area (Å²) in [5.41, 5.74) is 0.997. The highest BCUT2D eigenvalue weighted by Crippen LogP contribution is 2.68. The molecule has 0 amide bonds. The molecule has 3 saturated carbocycles. The molecule has 4 heteroatoms. The van der Waals surface area contributed by atoms with Crippen LogP contribution in [0.25, 0.3) is 0 Å². The van der Waals surface area contributed by atoms with E-state index in [2.05, 4.69) is 27.7 Å². The van der Waals surface area contributed by atoms with Crippen LogP contribution in [0, 0.1) is 28.1 Å². The highest BCUT2D eigenvalue weighted by Gasteiger charge is 2.64. The van der Waals surface area contributed by atoms with Crippen LogP contribution in [0.1, 0.15) is 66.7 Å². The molecule has 0 aromatic heterocycles. The van der Waals surface area contributed by atoms with E-state index in [4.69, 9.17) is 5.11 Å². The molecule has 0 aromatic rings. The molecule has 4 nitrogen and oxygen atoms in total. The van der Waals surface area contributed by atoms with Gasteiger partial charge in [0.15, 0.2) is 5.78 Å². The molecule has 0 spiro atoms. The Kier molecular flexibility index (Phi) is 4.33. The Balaban J connectivity index is 2.06. The van der Waals surface area contributed by atoms with Gasteiger partial charge in [-0.05, 0) is 49.0 Å². The number of aliphatic carboxylic acids is 1. The molecule has 0 saturated heterocycles. The van der Waals surface area contributed by atoms with Gasteiger partial charge in [-0.1, -0.05) is 33.8 Å². The zero-order chi connectivity index (χ0) is 19.5. The maximum absolute atomic E-state index is 13.0. The van der Waals surface area contributed by atoms with Crippen LogP contribution in [0.2, 0.25) is 0 Å². The first kappa shape index (κ1) is 19.1. The van der Waals surface area contributed by atoms with E-state index in [1.54, 1.807) is 6.08 Å². The molecule has 0 aliphatic heterocycles. The lowest BCUT2D eigenvalue weighted by Gasteiger charge is -2.60. The maximum Gasteiger partial charge on any atom is 0.328 e. The molecule has 1 N–H and O–H groups in total. The monoisotopic (exact) mass is 358 g/mol. The Morgan fingerprint density at radius 3 is 2.35 bits per heavy atom. The van der Waals surface area contributed by atoms with Crippen molar-refractivity contribution in [2.45, 2.75) is 66.7 Å². The van der Waals surface area contributed by atoms with E-state index in [0.29, 0.717) is 24.5 Å². The maximum atomic E-state index is 13.0. The van der Waals surface area contributed by atoms with Crippen LogP contribution in [-0.4, -0.2) is 22.6 Å². The Hall–Kier alpha value is -1.71. The van der Waals surface area contributed by atoms with Gasteiger partial charge in [-0.3, -0.25) is 9.59 Å². The predicted octanol–water partition coefficient (Wildman–Crippen LogP) is 4.34. The first-order valence-electron chi connectivity index (χ1n) is 9.63. The Morgan fingerprint density at radius 2 is 1.73 bits per heavy atom. The van der Waals surface area contributed by atoms with Crippen LogP contribution in [0.4, 0.5) is 0 Å². The molecular weight excluding hydrogens is 328 g/mol. The Morgan fingerprint density at radius 1 is 1.08 bits per heavy atom. The van der Waals surface area contributed by atoms with E-state index in [9.17, 15) is 14.4 Å². The van der Waals surface area contributed by atoms with Gasteiger partial charge in [0.2, 0.25) is 0 Å². The minimum absolute atomic E-state index is 0.0292. The lowest BCUT2D eigenvalue weighted by atomic mass is 9.43. The van der Waals surface area contributed by atoms with Gasteiger partial charge in [0, 0.05) is 35.3 Å². The summed E-state index contributed by atoms with van der Waals surface area (Å²) >= 11 is 0. The number of fused-ring (bicyclic) bond motifs is 3. The van der Waals surface area contributed by atoms with Gasteiger partial charge >= 0.3 is 5.97 Å². The van der Waals surface area contributed by atoms with Crippen molar-refractivity contribution in [3.63, 3.8) is 0 Å². The summed E-state index contributed by atoms with van der Waals surface area (Å²) in [6, 6.07) is 0. The number of ketones is 2. The van der Waals surface area contributed by atoms with E-state index in [-0.39, 0.29) is 27.9 Å². The smallest absolute Gasteiger partial charge is 0.328 e. The summed E-state index contributed by atoms with van der Waals surface area (Å²) in [7, 11) is 0. The zero-order valence-corrected chi connectivity index (χ0v) is 16.5. The standard InChI is InChI=1S/C22H30O4/c1-13(6-7-18(25)26)19-14(23)12-16-21(4)11-9-17(24)20(2,3)15(21)8-10-22(16,19)5/h6-7,15-16H,8-12H2,1-5H3,(H,25,26)/b7-6+,19-13+/t15-,16-,21-,22-/m0/s1. The number of Topliss-reactive ketones (excluding diaryl/α,β-unsaturated/α-hetero) is 2. The number of hydrogen-bond acceptors (Lipinski definition) is 3. The van der Waals surface area contributed by atoms with Crippen molar-refractivity contribution in [1.82, 2.24) is 0 Å². The van der Waals surface area contributed by atoms with Gasteiger partial charge in [-0.25, -0.2) is 4.79 Å². The minimum Gasteiger partial charge on any atom is -0.478 e. The van der Waals surface area contributed by atoms with Crippen LogP contribution >= 0.6 is 0 Å². The van der Waals surface area contributed by atoms with Crippen molar-refractivity contribution >= 4 is 17.5 Å². The van der Waals surface area contributed by atoms with Crippen LogP contribution in [0.15, 0.2) is 23.3 Å². The van der Waals surface area contributed by atoms with Gasteiger partial charge in [-0.2, -0.15) is 0 Å². The third-order valence-corrected chi connectivity index (χ3v) is 7.90. The molecule has 0 bridgehead atoms. The number of carbonyl (C=O) groups excluding carboxylic acids is 2. The quantitative estimate of drug-likeness (QED) is 0.745. The highest BCUT2D eigenvalue weighted by molar-refractivity contribution is 6.01. The van der Waals surface area contributed by atoms with Gasteiger partial charge < -0.3 is 5.11 Å². The number of carboxylic acids is 1. The number of allylic oxidation sites excluding steroid dienone is 3. The van der Waals surface area contributed by atoms with Crippen LogP contribution in [0.5, 0.6) is 0 Å². The number of hydrogen-bond donors (Lipinski definition) is 1. The minimum atomic E-state index is -1.000. The molecular formula is C22H30O4. The lowest BCUT2D eigenvalue weighted by Crippen LogP contribution is -2.56. The average molecular weight is 358 g/mol. The van der Waals surface area contributed by atoms with E-state index in [1.165, 1.54) is 0 Å². The molecule has 3 aliphatic rings. The molecule has 3 rings (SSSR count). The number of carbonyl (C=O) groups is 3. The molecule has 0 unspecified atom stereocenters. The highest BCUT2D eigenvalue weighted by atomic mass is 16.4. The lowest BCUT2D eigenvalue weighted by molar-refractivity contribution is -0.154. The predicted molar refractivity (Wildman–Crippen MR) is 99.5 cm³/mol. The first-order chi connectivity index (χ1) is 11.9. The molecule has 3 fully saturated rings. The van der Waals surface area contributed by atoms with Crippen molar-refractivity contribution in [2.24, 2.45) is 28.1 Å². The van der Waals surface area contributed by atoms with Crippen molar-refractivity contribution < 1.29 is 19.5 Å². The van der Waals surface area contributed by atoms with E-state index in [1.807, 2.05) is 6.92 Å². The summed E-state index contributed by atoms with van der Waals surface area (Å²) < 4.78 is 0. The van der Waals surface area contributed by atoms with E-state index < -0.39 is 5.97 Å².